The number of carbonyl (C=O) groups is 2. The average molecular weight is 654 g/mol. The second-order valence-electron chi connectivity index (χ2n) is 11.6. The van der Waals surface area contributed by atoms with Crippen LogP contribution in [0.15, 0.2) is 60.8 Å². The zero-order chi connectivity index (χ0) is 33.9. The van der Waals surface area contributed by atoms with Crippen molar-refractivity contribution in [3.05, 3.63) is 77.6 Å². The Labute approximate surface area is 270 Å². The van der Waals surface area contributed by atoms with Crippen molar-refractivity contribution in [2.24, 2.45) is 5.92 Å². The summed E-state index contributed by atoms with van der Waals surface area (Å²) in [7, 11) is 1.50. The maximum Gasteiger partial charge on any atom is 0.264 e. The molecule has 252 valence electrons. The lowest BCUT2D eigenvalue weighted by molar-refractivity contribution is -0.274. The number of anilines is 2. The molecule has 2 aromatic carbocycles. The highest BCUT2D eigenvalue weighted by Crippen LogP contribution is 2.47. The van der Waals surface area contributed by atoms with Crippen molar-refractivity contribution in [1.29, 1.82) is 0 Å². The lowest BCUT2D eigenvalue weighted by Gasteiger charge is -2.37. The fourth-order valence-corrected chi connectivity index (χ4v) is 5.75. The summed E-state index contributed by atoms with van der Waals surface area (Å²) >= 11 is 0. The van der Waals surface area contributed by atoms with Crippen LogP contribution < -0.4 is 15.0 Å². The molecule has 15 nitrogen and oxygen atoms in total. The Balaban J connectivity index is 1.31. The number of methoxy groups -OCH3 is 1. The molecule has 7 atom stereocenters. The quantitative estimate of drug-likeness (QED) is 0.124. The molecule has 47 heavy (non-hydrogen) atoms. The van der Waals surface area contributed by atoms with Gasteiger partial charge in [-0.1, -0.05) is 36.4 Å². The molecule has 7 N–H and O–H groups in total. The van der Waals surface area contributed by atoms with Gasteiger partial charge in [-0.3, -0.25) is 14.3 Å². The van der Waals surface area contributed by atoms with Crippen LogP contribution in [0.25, 0.3) is 0 Å². The minimum Gasteiger partial charge on any atom is -0.497 e. The number of aliphatic hydroxyl groups excluding tert-OH is 5. The van der Waals surface area contributed by atoms with Crippen LogP contribution in [0.3, 0.4) is 0 Å². The number of rotatable bonds is 12. The predicted octanol–water partition coefficient (Wildman–Crippen LogP) is -0.423. The Kier molecular flexibility index (Phi) is 10.4. The van der Waals surface area contributed by atoms with E-state index in [0.717, 1.165) is 0 Å². The van der Waals surface area contributed by atoms with E-state index in [-0.39, 0.29) is 18.8 Å². The second-order valence-corrected chi connectivity index (χ2v) is 11.6. The van der Waals surface area contributed by atoms with Gasteiger partial charge in [0.25, 0.3) is 11.8 Å². The molecular weight excluding hydrogens is 614 g/mol. The van der Waals surface area contributed by atoms with E-state index in [2.05, 4.69) is 15.6 Å². The summed E-state index contributed by atoms with van der Waals surface area (Å²) in [6.45, 7) is 2.29. The average Bonchev–Trinajstić information content (AvgIpc) is 3.60. The molecule has 5 rings (SSSR count). The van der Waals surface area contributed by atoms with Crippen LogP contribution in [-0.2, 0) is 39.4 Å². The van der Waals surface area contributed by atoms with Gasteiger partial charge < -0.3 is 50.3 Å². The number of fused-ring (bicyclic) bond motifs is 1. The summed E-state index contributed by atoms with van der Waals surface area (Å²) in [5, 5.41) is 71.4. The first-order valence-corrected chi connectivity index (χ1v) is 15.1. The molecule has 0 radical (unpaired) electrons. The number of nitrogens with zero attached hydrogens (tertiary/aromatic N) is 4. The van der Waals surface area contributed by atoms with E-state index in [9.17, 15) is 35.1 Å². The van der Waals surface area contributed by atoms with Crippen LogP contribution in [0.4, 0.5) is 11.4 Å². The van der Waals surface area contributed by atoms with Gasteiger partial charge in [-0.25, -0.2) is 0 Å². The Morgan fingerprint density at radius 1 is 1.15 bits per heavy atom. The first kappa shape index (κ1) is 34.1. The normalized spacial score (nSPS) is 26.4. The van der Waals surface area contributed by atoms with Crippen LogP contribution in [-0.4, -0.2) is 102 Å². The van der Waals surface area contributed by atoms with Crippen molar-refractivity contribution < 1.29 is 49.7 Å². The lowest BCUT2D eigenvalue weighted by Crippen LogP contribution is -2.60. The highest BCUT2D eigenvalue weighted by atomic mass is 16.6. The molecule has 0 saturated carbocycles. The molecule has 0 aliphatic carbocycles. The molecule has 3 heterocycles. The number of ether oxygens (including phenoxy) is 2. The lowest BCUT2D eigenvalue weighted by atomic mass is 9.83. The molecule has 2 aliphatic rings. The SMILES string of the molecule is COc1ccc2c(c1)[C@@](O)([C@H](C)/C=C/CCn1cc(CCO)nn1)C(=O)N2Cc1cccc(NC(=O)[C@H]2O[C@@H](O)[C@H](O)[C@@H](O)[C@@H]2O)c1. The third-order valence-corrected chi connectivity index (χ3v) is 8.42. The van der Waals surface area contributed by atoms with Gasteiger partial charge in [0.1, 0.15) is 24.1 Å². The van der Waals surface area contributed by atoms with Crippen molar-refractivity contribution in [1.82, 2.24) is 15.0 Å². The first-order chi connectivity index (χ1) is 22.5. The molecule has 0 bridgehead atoms. The molecule has 1 aromatic heterocycles. The first-order valence-electron chi connectivity index (χ1n) is 15.1. The summed E-state index contributed by atoms with van der Waals surface area (Å²) in [6, 6.07) is 11.6. The smallest absolute Gasteiger partial charge is 0.264 e. The largest absolute Gasteiger partial charge is 0.497 e. The number of hydrogen-bond donors (Lipinski definition) is 7. The zero-order valence-electron chi connectivity index (χ0n) is 25.9. The number of aromatic nitrogens is 3. The maximum absolute atomic E-state index is 14.0. The summed E-state index contributed by atoms with van der Waals surface area (Å²) < 4.78 is 12.1. The topological polar surface area (TPSA) is 220 Å². The van der Waals surface area contributed by atoms with Crippen molar-refractivity contribution in [2.75, 3.05) is 23.9 Å². The number of aliphatic hydroxyl groups is 6. The van der Waals surface area contributed by atoms with E-state index in [1.807, 2.05) is 6.08 Å². The van der Waals surface area contributed by atoms with Gasteiger partial charge in [-0.15, -0.1) is 5.10 Å². The highest BCUT2D eigenvalue weighted by molar-refractivity contribution is 6.07. The Bertz CT molecular complexity index is 1610. The monoisotopic (exact) mass is 653 g/mol. The fourth-order valence-electron chi connectivity index (χ4n) is 5.75. The summed E-state index contributed by atoms with van der Waals surface area (Å²) in [5.74, 6) is -1.57. The minimum atomic E-state index is -1.91. The number of carbonyl (C=O) groups excluding carboxylic acids is 2. The number of hydrogen-bond acceptors (Lipinski definition) is 12. The van der Waals surface area contributed by atoms with E-state index in [1.165, 1.54) is 12.0 Å². The number of amides is 2. The van der Waals surface area contributed by atoms with Gasteiger partial charge in [-0.05, 0) is 42.3 Å². The van der Waals surface area contributed by atoms with Crippen LogP contribution in [0.1, 0.15) is 30.2 Å². The highest BCUT2D eigenvalue weighted by Gasteiger charge is 2.53. The van der Waals surface area contributed by atoms with Crippen molar-refractivity contribution in [2.45, 2.75) is 69.2 Å². The molecule has 3 aromatic rings. The number of nitrogens with one attached hydrogen (secondary N) is 1. The minimum absolute atomic E-state index is 0.0150. The zero-order valence-corrected chi connectivity index (χ0v) is 25.9. The standard InChI is InChI=1S/C32H39N5O10/c1-18(6-3-4-12-36-17-21(11-13-38)34-35-36)32(45)23-15-22(46-2)9-10-24(23)37(31(32)44)16-19-7-5-8-20(14-19)33-29(42)28-26(40)25(39)27(41)30(43)47-28/h3,5-10,14-15,17-18,25-28,30,38-41,43,45H,4,11-13,16H2,1-2H3,(H,33,42)/b6-3+/t18-,25+,26+,27-,28+,30-,32+/m1/s1. The molecule has 2 aliphatic heterocycles. The van der Waals surface area contributed by atoms with Gasteiger partial charge in [0, 0.05) is 42.9 Å². The number of allylic oxidation sites excluding steroid dienone is 1. The summed E-state index contributed by atoms with van der Waals surface area (Å²) in [4.78, 5) is 28.3. The summed E-state index contributed by atoms with van der Waals surface area (Å²) in [5.41, 5.74) is 0.533. The van der Waals surface area contributed by atoms with Crippen LogP contribution in [0, 0.1) is 5.92 Å². The summed E-state index contributed by atoms with van der Waals surface area (Å²) in [6.07, 6.45) is -2.50. The molecule has 0 spiro atoms. The number of benzene rings is 2. The molecule has 2 amide bonds. The van der Waals surface area contributed by atoms with Gasteiger partial charge in [-0.2, -0.15) is 0 Å². The fraction of sp³-hybridized carbons (Fsp3) is 0.438. The van der Waals surface area contributed by atoms with Crippen molar-refractivity contribution >= 4 is 23.2 Å². The molecule has 1 fully saturated rings. The van der Waals surface area contributed by atoms with Crippen LogP contribution >= 0.6 is 0 Å². The van der Waals surface area contributed by atoms with Crippen molar-refractivity contribution in [3.63, 3.8) is 0 Å². The van der Waals surface area contributed by atoms with E-state index < -0.39 is 54.0 Å². The molecule has 15 heteroatoms. The van der Waals surface area contributed by atoms with Gasteiger partial charge in [0.15, 0.2) is 18.0 Å². The third-order valence-electron chi connectivity index (χ3n) is 8.42. The van der Waals surface area contributed by atoms with E-state index >= 15 is 0 Å². The molecule has 1 saturated heterocycles. The molecule has 0 unspecified atom stereocenters. The third kappa shape index (κ3) is 6.92. The van der Waals surface area contributed by atoms with Crippen LogP contribution in [0.2, 0.25) is 0 Å². The van der Waals surface area contributed by atoms with Gasteiger partial charge in [0.2, 0.25) is 0 Å². The van der Waals surface area contributed by atoms with E-state index in [1.54, 1.807) is 66.3 Å². The maximum atomic E-state index is 14.0. The Morgan fingerprint density at radius 2 is 1.94 bits per heavy atom. The Hall–Kier alpha value is -4.22. The van der Waals surface area contributed by atoms with E-state index in [4.69, 9.17) is 14.6 Å². The van der Waals surface area contributed by atoms with Crippen LogP contribution in [0.5, 0.6) is 5.75 Å². The van der Waals surface area contributed by atoms with Gasteiger partial charge in [0.05, 0.1) is 25.0 Å². The van der Waals surface area contributed by atoms with Crippen molar-refractivity contribution in [3.8, 4) is 5.75 Å². The second kappa shape index (κ2) is 14.3. The Morgan fingerprint density at radius 3 is 2.68 bits per heavy atom. The molecular formula is C32H39N5O10. The van der Waals surface area contributed by atoms with Gasteiger partial charge >= 0.3 is 0 Å². The predicted molar refractivity (Wildman–Crippen MR) is 166 cm³/mol. The van der Waals surface area contributed by atoms with E-state index in [0.29, 0.717) is 47.6 Å². The number of aryl methyl sites for hydroxylation is 1.